The molecule has 0 saturated heterocycles. The van der Waals surface area contributed by atoms with E-state index in [1.165, 1.54) is 169 Å². The minimum Gasteiger partial charge on any atom is -0.248 e. The van der Waals surface area contributed by atoms with Gasteiger partial charge in [0.1, 0.15) is 0 Å². The van der Waals surface area contributed by atoms with Crippen LogP contribution in [0.2, 0.25) is 0 Å². The Morgan fingerprint density at radius 2 is 0.815 bits per heavy atom. The van der Waals surface area contributed by atoms with Crippen LogP contribution in [0.3, 0.4) is 0 Å². The van der Waals surface area contributed by atoms with Gasteiger partial charge in [0, 0.05) is 31.7 Å². The summed E-state index contributed by atoms with van der Waals surface area (Å²) in [5, 5.41) is 4.44. The number of benzene rings is 2. The second kappa shape index (κ2) is 18.2. The van der Waals surface area contributed by atoms with Gasteiger partial charge in [0.25, 0.3) is 0 Å². The van der Waals surface area contributed by atoms with Gasteiger partial charge in [-0.05, 0) is 83.0 Å². The van der Waals surface area contributed by atoms with E-state index in [-0.39, 0.29) is 10.8 Å². The third-order valence-electron chi connectivity index (χ3n) is 12.8. The van der Waals surface area contributed by atoms with Crippen LogP contribution in [-0.2, 0) is 10.8 Å². The normalized spacial score (nSPS) is 14.6. The summed E-state index contributed by atoms with van der Waals surface area (Å²) in [6, 6.07) is 23.7. The summed E-state index contributed by atoms with van der Waals surface area (Å²) in [6.07, 6.45) is 25.0. The van der Waals surface area contributed by atoms with Gasteiger partial charge >= 0.3 is 0 Å². The molecule has 0 saturated carbocycles. The number of unbranched alkanes of at least 4 members (excludes halogenated alkanes) is 12. The maximum atomic E-state index is 6.05. The summed E-state index contributed by atoms with van der Waals surface area (Å²) in [6.45, 7) is 9.34. The van der Waals surface area contributed by atoms with Crippen molar-refractivity contribution in [2.75, 3.05) is 0 Å². The summed E-state index contributed by atoms with van der Waals surface area (Å²) in [4.78, 5) is 14.8. The first-order valence-electron chi connectivity index (χ1n) is 21.9. The molecule has 0 spiro atoms. The summed E-state index contributed by atoms with van der Waals surface area (Å²) in [5.74, 6) is 0. The molecule has 4 heteroatoms. The van der Waals surface area contributed by atoms with Crippen molar-refractivity contribution in [2.45, 2.75) is 167 Å². The number of nitrogens with zero attached hydrogens (tertiary/aromatic N) is 2. The number of hydrogen-bond donors (Lipinski definition) is 0. The Hall–Kier alpha value is -3.08. The molecule has 7 rings (SSSR count). The van der Waals surface area contributed by atoms with Gasteiger partial charge < -0.3 is 0 Å². The molecule has 2 nitrogen and oxygen atoms in total. The number of thiophene rings is 2. The molecule has 3 aromatic heterocycles. The zero-order chi connectivity index (χ0) is 37.4. The quantitative estimate of drug-likeness (QED) is 0.0657. The van der Waals surface area contributed by atoms with Crippen LogP contribution in [-0.4, -0.2) is 9.97 Å². The van der Waals surface area contributed by atoms with Crippen LogP contribution in [0.1, 0.15) is 179 Å². The van der Waals surface area contributed by atoms with Gasteiger partial charge in [-0.15, -0.1) is 22.7 Å². The molecule has 3 heterocycles. The first kappa shape index (κ1) is 39.2. The van der Waals surface area contributed by atoms with Gasteiger partial charge in [0.2, 0.25) is 0 Å². The molecule has 0 amide bonds. The van der Waals surface area contributed by atoms with Crippen LogP contribution in [0.25, 0.3) is 43.4 Å². The molecule has 0 unspecified atom stereocenters. The van der Waals surface area contributed by atoms with Gasteiger partial charge in [0.05, 0.1) is 22.8 Å². The molecular formula is C50H64N2S2. The zero-order valence-corrected chi connectivity index (χ0v) is 35.4. The maximum absolute atomic E-state index is 6.05. The minimum absolute atomic E-state index is 0.105. The lowest BCUT2D eigenvalue weighted by Crippen LogP contribution is -2.29. The summed E-state index contributed by atoms with van der Waals surface area (Å²) in [5.41, 5.74) is 13.2. The Bertz CT molecular complexity index is 1770. The molecule has 0 fully saturated rings. The minimum atomic E-state index is -0.105. The predicted molar refractivity (Wildman–Crippen MR) is 236 cm³/mol. The van der Waals surface area contributed by atoms with E-state index in [1.54, 1.807) is 0 Å². The van der Waals surface area contributed by atoms with Crippen LogP contribution < -0.4 is 0 Å². The Morgan fingerprint density at radius 3 is 1.13 bits per heavy atom. The molecular weight excluding hydrogens is 693 g/mol. The van der Waals surface area contributed by atoms with E-state index in [2.05, 4.69) is 99.1 Å². The van der Waals surface area contributed by atoms with E-state index in [0.717, 1.165) is 25.7 Å². The highest BCUT2D eigenvalue weighted by Crippen LogP contribution is 2.59. The van der Waals surface area contributed by atoms with Crippen LogP contribution >= 0.6 is 22.7 Å². The van der Waals surface area contributed by atoms with Crippen LogP contribution in [0.5, 0.6) is 0 Å². The maximum Gasteiger partial charge on any atom is 0.0934 e. The second-order valence-electron chi connectivity index (χ2n) is 16.5. The second-order valence-corrected chi connectivity index (χ2v) is 18.4. The highest BCUT2D eigenvalue weighted by Gasteiger charge is 2.50. The Labute approximate surface area is 335 Å². The van der Waals surface area contributed by atoms with Gasteiger partial charge in [-0.3, -0.25) is 0 Å². The number of fused-ring (bicyclic) bond motifs is 6. The van der Waals surface area contributed by atoms with E-state index in [4.69, 9.17) is 9.97 Å². The number of aromatic nitrogens is 2. The fraction of sp³-hybridized carbons (Fsp3) is 0.520. The molecule has 0 bridgehead atoms. The average molecular weight is 757 g/mol. The lowest BCUT2D eigenvalue weighted by molar-refractivity contribution is 0.385. The SMILES string of the molecule is CCCCCCC1(CCCCCC)c2cc(-c3cccs3)ccc2-c2nc3c(nc21)-c1ccc(-c2cccs2)cc1C3(CCCCCC)CCCCCC. The first-order chi connectivity index (χ1) is 26.6. The third-order valence-corrected chi connectivity index (χ3v) is 14.7. The monoisotopic (exact) mass is 756 g/mol. The van der Waals surface area contributed by atoms with Gasteiger partial charge in [-0.1, -0.05) is 167 Å². The predicted octanol–water partition coefficient (Wildman–Crippen LogP) is 16.3. The molecule has 0 radical (unpaired) electrons. The molecule has 2 aliphatic carbocycles. The van der Waals surface area contributed by atoms with E-state index in [0.29, 0.717) is 0 Å². The fourth-order valence-electron chi connectivity index (χ4n) is 9.90. The number of rotatable bonds is 22. The number of hydrogen-bond acceptors (Lipinski definition) is 4. The van der Waals surface area contributed by atoms with Crippen molar-refractivity contribution in [1.29, 1.82) is 0 Å². The summed E-state index contributed by atoms with van der Waals surface area (Å²) in [7, 11) is 0. The fourth-order valence-corrected chi connectivity index (χ4v) is 11.3. The van der Waals surface area contributed by atoms with Crippen molar-refractivity contribution < 1.29 is 0 Å². The van der Waals surface area contributed by atoms with Crippen molar-refractivity contribution in [1.82, 2.24) is 9.97 Å². The van der Waals surface area contributed by atoms with Crippen LogP contribution in [0.4, 0.5) is 0 Å². The first-order valence-corrected chi connectivity index (χ1v) is 23.7. The molecule has 5 aromatic rings. The zero-order valence-electron chi connectivity index (χ0n) is 33.8. The largest absolute Gasteiger partial charge is 0.248 e. The van der Waals surface area contributed by atoms with E-state index in [1.807, 2.05) is 22.7 Å². The lowest BCUT2D eigenvalue weighted by Gasteiger charge is -2.33. The van der Waals surface area contributed by atoms with Crippen LogP contribution in [0, 0.1) is 0 Å². The lowest BCUT2D eigenvalue weighted by atomic mass is 9.71. The molecule has 286 valence electrons. The molecule has 0 atom stereocenters. The summed E-state index contributed by atoms with van der Waals surface area (Å²) < 4.78 is 0. The molecule has 2 aliphatic rings. The van der Waals surface area contributed by atoms with Crippen molar-refractivity contribution in [3.05, 3.63) is 93.9 Å². The van der Waals surface area contributed by atoms with Crippen molar-refractivity contribution >= 4 is 22.7 Å². The highest BCUT2D eigenvalue weighted by molar-refractivity contribution is 7.13. The molecule has 0 aliphatic heterocycles. The van der Waals surface area contributed by atoms with Crippen molar-refractivity contribution in [3.63, 3.8) is 0 Å². The summed E-state index contributed by atoms with van der Waals surface area (Å²) >= 11 is 3.71. The van der Waals surface area contributed by atoms with Gasteiger partial charge in [0.15, 0.2) is 0 Å². The Morgan fingerprint density at radius 1 is 0.444 bits per heavy atom. The smallest absolute Gasteiger partial charge is 0.0934 e. The van der Waals surface area contributed by atoms with E-state index >= 15 is 0 Å². The molecule has 2 aromatic carbocycles. The topological polar surface area (TPSA) is 25.8 Å². The third kappa shape index (κ3) is 7.68. The highest BCUT2D eigenvalue weighted by atomic mass is 32.1. The molecule has 0 N–H and O–H groups in total. The molecule has 54 heavy (non-hydrogen) atoms. The van der Waals surface area contributed by atoms with Gasteiger partial charge in [-0.2, -0.15) is 0 Å². The van der Waals surface area contributed by atoms with E-state index in [9.17, 15) is 0 Å². The standard InChI is InChI=1S/C50H64N2S2/c1-5-9-13-17-29-49(30-18-14-10-6-2)41-35-37(43-23-21-33-53-43)25-27-39(41)45-47(49)51-46-40-28-26-38(44-24-22-34-54-44)36-42(40)50(48(46)52-45,31-19-15-11-7-3)32-20-16-12-8-4/h21-28,33-36H,5-20,29-32H2,1-4H3. The van der Waals surface area contributed by atoms with Crippen LogP contribution in [0.15, 0.2) is 71.4 Å². The Kier molecular flexibility index (Phi) is 13.2. The van der Waals surface area contributed by atoms with Gasteiger partial charge in [-0.25, -0.2) is 9.97 Å². The average Bonchev–Trinajstić information content (AvgIpc) is 4.02. The van der Waals surface area contributed by atoms with E-state index < -0.39 is 0 Å². The Balaban J connectivity index is 1.44. The van der Waals surface area contributed by atoms with Crippen molar-refractivity contribution in [3.8, 4) is 43.4 Å². The van der Waals surface area contributed by atoms with Crippen molar-refractivity contribution in [2.24, 2.45) is 0 Å².